The molecule has 0 aliphatic carbocycles. The third-order valence-corrected chi connectivity index (χ3v) is 19.6. The number of hydrogen-bond acceptors (Lipinski definition) is 15. The van der Waals surface area contributed by atoms with Crippen molar-refractivity contribution in [3.8, 4) is 0 Å². The highest BCUT2D eigenvalue weighted by atomic mass is 31.2. The van der Waals surface area contributed by atoms with Gasteiger partial charge in [-0.15, -0.1) is 0 Å². The van der Waals surface area contributed by atoms with Crippen LogP contribution in [0.2, 0.25) is 0 Å². The molecule has 0 aromatic carbocycles. The summed E-state index contributed by atoms with van der Waals surface area (Å²) >= 11 is 0. The van der Waals surface area contributed by atoms with Crippen molar-refractivity contribution in [3.05, 3.63) is 0 Å². The van der Waals surface area contributed by atoms with Crippen LogP contribution in [-0.4, -0.2) is 96.7 Å². The molecule has 0 fully saturated rings. The van der Waals surface area contributed by atoms with Crippen molar-refractivity contribution < 1.29 is 80.2 Å². The van der Waals surface area contributed by atoms with Gasteiger partial charge in [-0.3, -0.25) is 37.3 Å². The summed E-state index contributed by atoms with van der Waals surface area (Å²) in [7, 11) is -9.91. The quantitative estimate of drug-likeness (QED) is 0.0222. The van der Waals surface area contributed by atoms with Crippen molar-refractivity contribution in [2.24, 2.45) is 23.7 Å². The van der Waals surface area contributed by atoms with Crippen molar-refractivity contribution in [2.45, 2.75) is 395 Å². The van der Waals surface area contributed by atoms with Gasteiger partial charge in [0.1, 0.15) is 19.3 Å². The second kappa shape index (κ2) is 64.4. The van der Waals surface area contributed by atoms with Crippen LogP contribution in [0.25, 0.3) is 0 Å². The van der Waals surface area contributed by atoms with Gasteiger partial charge in [-0.1, -0.05) is 325 Å². The van der Waals surface area contributed by atoms with Gasteiger partial charge in [0.2, 0.25) is 0 Å². The topological polar surface area (TPSA) is 237 Å². The zero-order valence-corrected chi connectivity index (χ0v) is 63.4. The first-order valence-corrected chi connectivity index (χ1v) is 41.7. The molecular weight excluding hydrogens is 1230 g/mol. The van der Waals surface area contributed by atoms with Crippen molar-refractivity contribution in [3.63, 3.8) is 0 Å². The van der Waals surface area contributed by atoms with Crippen LogP contribution in [0.4, 0.5) is 0 Å². The maximum Gasteiger partial charge on any atom is 0.472 e. The molecule has 0 radical (unpaired) electrons. The number of aliphatic hydroxyl groups is 1. The second-order valence-electron chi connectivity index (χ2n) is 28.7. The van der Waals surface area contributed by atoms with E-state index in [0.717, 1.165) is 114 Å². The fourth-order valence-electron chi connectivity index (χ4n) is 11.3. The van der Waals surface area contributed by atoms with E-state index in [1.165, 1.54) is 173 Å². The van der Waals surface area contributed by atoms with Crippen LogP contribution in [0.3, 0.4) is 0 Å². The van der Waals surface area contributed by atoms with Gasteiger partial charge < -0.3 is 33.8 Å². The monoisotopic (exact) mass is 1380 g/mol. The molecule has 3 unspecified atom stereocenters. The third kappa shape index (κ3) is 67.3. The van der Waals surface area contributed by atoms with E-state index >= 15 is 0 Å². The van der Waals surface area contributed by atoms with Crippen molar-refractivity contribution >= 4 is 39.5 Å². The van der Waals surface area contributed by atoms with E-state index in [1.807, 2.05) is 0 Å². The zero-order valence-electron chi connectivity index (χ0n) is 61.6. The van der Waals surface area contributed by atoms with E-state index in [-0.39, 0.29) is 25.7 Å². The third-order valence-electron chi connectivity index (χ3n) is 17.7. The van der Waals surface area contributed by atoms with Crippen molar-refractivity contribution in [1.82, 2.24) is 0 Å². The first-order chi connectivity index (χ1) is 45.1. The van der Waals surface area contributed by atoms with Crippen LogP contribution >= 0.6 is 15.6 Å². The molecule has 0 spiro atoms. The van der Waals surface area contributed by atoms with E-state index in [2.05, 4.69) is 55.4 Å². The van der Waals surface area contributed by atoms with Gasteiger partial charge >= 0.3 is 39.5 Å². The molecule has 0 amide bonds. The SMILES string of the molecule is CCC(C)CCCCCCCCCCC(=O)OC[C@H](COP(=O)(O)OC[C@@H](O)COP(=O)(O)OC[C@@H](COC(=O)CCCCCCCCC(C)C)OC(=O)CCCCCCCCCCCCCCCC(C)C)OC(=O)CCCCCCCCCCCCCCCCC(C)C. The summed E-state index contributed by atoms with van der Waals surface area (Å²) in [6.45, 7) is 14.2. The Balaban J connectivity index is 5.23. The lowest BCUT2D eigenvalue weighted by molar-refractivity contribution is -0.161. The van der Waals surface area contributed by atoms with Crippen LogP contribution in [0.15, 0.2) is 0 Å². The molecule has 0 bridgehead atoms. The lowest BCUT2D eigenvalue weighted by Crippen LogP contribution is -2.30. The van der Waals surface area contributed by atoms with Crippen molar-refractivity contribution in [1.29, 1.82) is 0 Å². The second-order valence-corrected chi connectivity index (χ2v) is 31.6. The van der Waals surface area contributed by atoms with Crippen molar-refractivity contribution in [2.75, 3.05) is 39.6 Å². The van der Waals surface area contributed by atoms with E-state index in [1.54, 1.807) is 0 Å². The lowest BCUT2D eigenvalue weighted by atomic mass is 9.99. The molecule has 0 aromatic heterocycles. The number of carbonyl (C=O) groups excluding carboxylic acids is 4. The Hall–Kier alpha value is -1.94. The summed E-state index contributed by atoms with van der Waals surface area (Å²) in [6.07, 6.45) is 48.6. The Labute approximate surface area is 575 Å². The van der Waals surface area contributed by atoms with E-state index < -0.39 is 97.5 Å². The van der Waals surface area contributed by atoms with E-state index in [9.17, 15) is 43.2 Å². The molecule has 0 heterocycles. The lowest BCUT2D eigenvalue weighted by Gasteiger charge is -2.21. The number of esters is 4. The summed E-state index contributed by atoms with van der Waals surface area (Å²) in [5.74, 6) is 0.915. The van der Waals surface area contributed by atoms with Gasteiger partial charge in [0, 0.05) is 25.7 Å². The Bertz CT molecular complexity index is 1850. The Morgan fingerprint density at radius 1 is 0.298 bits per heavy atom. The number of ether oxygens (including phenoxy) is 4. The number of aliphatic hydroxyl groups excluding tert-OH is 1. The Morgan fingerprint density at radius 2 is 0.511 bits per heavy atom. The summed E-state index contributed by atoms with van der Waals surface area (Å²) in [5.41, 5.74) is 0. The number of rotatable bonds is 72. The molecule has 17 nitrogen and oxygen atoms in total. The minimum Gasteiger partial charge on any atom is -0.462 e. The van der Waals surface area contributed by atoms with Crippen LogP contribution in [-0.2, 0) is 65.4 Å². The average molecular weight is 1380 g/mol. The molecule has 0 saturated carbocycles. The van der Waals surface area contributed by atoms with Gasteiger partial charge in [-0.2, -0.15) is 0 Å². The molecule has 0 saturated heterocycles. The molecule has 19 heteroatoms. The van der Waals surface area contributed by atoms with Crippen LogP contribution in [0, 0.1) is 23.7 Å². The van der Waals surface area contributed by atoms with Crippen LogP contribution in [0.1, 0.15) is 376 Å². The minimum atomic E-state index is -4.96. The predicted molar refractivity (Wildman–Crippen MR) is 381 cm³/mol. The fraction of sp³-hybridized carbons (Fsp3) is 0.947. The number of unbranched alkanes of at least 4 members (excludes halogenated alkanes) is 37. The fourth-order valence-corrected chi connectivity index (χ4v) is 12.9. The summed E-state index contributed by atoms with van der Waals surface area (Å²) in [6, 6.07) is 0. The summed E-state index contributed by atoms with van der Waals surface area (Å²) in [4.78, 5) is 72.7. The maximum absolute atomic E-state index is 13.1. The highest BCUT2D eigenvalue weighted by Crippen LogP contribution is 2.45. The molecule has 558 valence electrons. The van der Waals surface area contributed by atoms with Gasteiger partial charge in [0.15, 0.2) is 12.2 Å². The molecule has 0 aliphatic heterocycles. The van der Waals surface area contributed by atoms with Gasteiger partial charge in [0.25, 0.3) is 0 Å². The van der Waals surface area contributed by atoms with Gasteiger partial charge in [0.05, 0.1) is 26.4 Å². The van der Waals surface area contributed by atoms with Crippen LogP contribution < -0.4 is 0 Å². The molecule has 94 heavy (non-hydrogen) atoms. The Morgan fingerprint density at radius 3 is 0.755 bits per heavy atom. The maximum atomic E-state index is 13.1. The molecule has 6 atom stereocenters. The Kier molecular flexibility index (Phi) is 63.1. The largest absolute Gasteiger partial charge is 0.472 e. The number of hydrogen-bond donors (Lipinski definition) is 3. The van der Waals surface area contributed by atoms with Crippen LogP contribution in [0.5, 0.6) is 0 Å². The first kappa shape index (κ1) is 92.1. The normalized spacial score (nSPS) is 14.4. The number of carbonyl (C=O) groups is 4. The van der Waals surface area contributed by atoms with Gasteiger partial charge in [-0.05, 0) is 49.4 Å². The first-order valence-electron chi connectivity index (χ1n) is 38.7. The molecular formula is C75H146O17P2. The molecule has 0 rings (SSSR count). The standard InChI is InChI=1S/C75H146O17P2/c1-9-68(8)54-46-38-29-25-26-30-39-47-55-72(77)85-61-70(91-74(79)57-49-41-31-23-19-15-11-10-13-17-21-27-35-43-51-65(2)3)63-89-93(81,82)87-59-69(76)60-88-94(83,84)90-64-71(62-86-73(78)56-48-40-34-33-37-45-53-67(6)7)92-75(80)58-50-42-32-24-20-16-12-14-18-22-28-36-44-52-66(4)5/h65-71,76H,9-64H2,1-8H3,(H,81,82)(H,83,84)/t68?,69-,70-,71-/m1/s1. The highest BCUT2D eigenvalue weighted by molar-refractivity contribution is 7.47. The molecule has 3 N–H and O–H groups in total. The molecule has 0 aromatic rings. The number of phosphoric acid groups is 2. The number of phosphoric ester groups is 2. The zero-order chi connectivity index (χ0) is 69.6. The van der Waals surface area contributed by atoms with Gasteiger partial charge in [-0.25, -0.2) is 9.13 Å². The van der Waals surface area contributed by atoms with E-state index in [0.29, 0.717) is 31.6 Å². The molecule has 0 aliphatic rings. The highest BCUT2D eigenvalue weighted by Gasteiger charge is 2.30. The smallest absolute Gasteiger partial charge is 0.462 e. The van der Waals surface area contributed by atoms with E-state index in [4.69, 9.17) is 37.0 Å². The predicted octanol–water partition coefficient (Wildman–Crippen LogP) is 21.7. The minimum absolute atomic E-state index is 0.106. The summed E-state index contributed by atoms with van der Waals surface area (Å²) in [5, 5.41) is 10.6. The summed E-state index contributed by atoms with van der Waals surface area (Å²) < 4.78 is 68.5. The average Bonchev–Trinajstić information content (AvgIpc) is 1.21.